The van der Waals surface area contributed by atoms with E-state index in [1.165, 1.54) is 0 Å². The van der Waals surface area contributed by atoms with Crippen molar-refractivity contribution in [3.8, 4) is 0 Å². The molecule has 0 fully saturated rings. The monoisotopic (exact) mass is 263 g/mol. The number of hydrogen-bond acceptors (Lipinski definition) is 5. The van der Waals surface area contributed by atoms with E-state index in [0.29, 0.717) is 12.4 Å². The van der Waals surface area contributed by atoms with Crippen LogP contribution in [0.2, 0.25) is 0 Å². The number of nitrogens with two attached hydrogens (primary N) is 1. The summed E-state index contributed by atoms with van der Waals surface area (Å²) in [5.41, 5.74) is 6.57. The van der Waals surface area contributed by atoms with Gasteiger partial charge in [-0.2, -0.15) is 0 Å². The van der Waals surface area contributed by atoms with E-state index in [9.17, 15) is 9.90 Å². The van der Waals surface area contributed by atoms with Crippen molar-refractivity contribution < 1.29 is 9.90 Å². The number of rotatable bonds is 5. The SMILES string of the molecule is CC(C=C(N)C(=O)C(C)C)=NCN1C=CC=CC1O. The zero-order valence-electron chi connectivity index (χ0n) is 11.6. The van der Waals surface area contributed by atoms with Gasteiger partial charge in [0.1, 0.15) is 12.9 Å². The second-order valence-corrected chi connectivity index (χ2v) is 4.71. The van der Waals surface area contributed by atoms with Crippen LogP contribution in [-0.4, -0.2) is 34.4 Å². The van der Waals surface area contributed by atoms with Crippen LogP contribution in [0.25, 0.3) is 0 Å². The number of carbonyl (C=O) groups excluding carboxylic acids is 1. The van der Waals surface area contributed by atoms with E-state index >= 15 is 0 Å². The van der Waals surface area contributed by atoms with Gasteiger partial charge in [-0.15, -0.1) is 0 Å². The summed E-state index contributed by atoms with van der Waals surface area (Å²) in [5, 5.41) is 9.65. The van der Waals surface area contributed by atoms with E-state index in [1.54, 1.807) is 50.1 Å². The highest BCUT2D eigenvalue weighted by molar-refractivity contribution is 6.03. The van der Waals surface area contributed by atoms with Gasteiger partial charge < -0.3 is 15.7 Å². The Morgan fingerprint density at radius 3 is 2.79 bits per heavy atom. The molecule has 1 unspecified atom stereocenters. The topological polar surface area (TPSA) is 78.9 Å². The van der Waals surface area contributed by atoms with E-state index in [2.05, 4.69) is 4.99 Å². The molecule has 0 aromatic carbocycles. The Kier molecular flexibility index (Phi) is 5.51. The minimum absolute atomic E-state index is 0.0876. The lowest BCUT2D eigenvalue weighted by atomic mass is 10.1. The number of carbonyl (C=O) groups is 1. The molecule has 0 saturated carbocycles. The van der Waals surface area contributed by atoms with Crippen molar-refractivity contribution in [3.05, 3.63) is 36.2 Å². The second-order valence-electron chi connectivity index (χ2n) is 4.71. The molecular formula is C14H21N3O2. The van der Waals surface area contributed by atoms with Crippen molar-refractivity contribution in [1.29, 1.82) is 0 Å². The first-order valence-corrected chi connectivity index (χ1v) is 6.23. The Balaban J connectivity index is 2.63. The first-order valence-electron chi connectivity index (χ1n) is 6.23. The fourth-order valence-electron chi connectivity index (χ4n) is 1.52. The van der Waals surface area contributed by atoms with E-state index < -0.39 is 6.23 Å². The summed E-state index contributed by atoms with van der Waals surface area (Å²) in [7, 11) is 0. The van der Waals surface area contributed by atoms with Gasteiger partial charge in [-0.1, -0.05) is 19.9 Å². The third kappa shape index (κ3) is 4.71. The predicted octanol–water partition coefficient (Wildman–Crippen LogP) is 1.18. The molecule has 1 aliphatic rings. The Hall–Kier alpha value is -1.88. The highest BCUT2D eigenvalue weighted by Crippen LogP contribution is 2.06. The Morgan fingerprint density at radius 1 is 1.53 bits per heavy atom. The molecule has 0 saturated heterocycles. The number of ketones is 1. The molecule has 0 aromatic rings. The third-order valence-electron chi connectivity index (χ3n) is 2.67. The highest BCUT2D eigenvalue weighted by atomic mass is 16.3. The number of nitrogens with zero attached hydrogens (tertiary/aromatic N) is 2. The molecule has 3 N–H and O–H groups in total. The quantitative estimate of drug-likeness (QED) is 0.576. The average molecular weight is 263 g/mol. The minimum Gasteiger partial charge on any atom is -0.396 e. The molecule has 1 aliphatic heterocycles. The molecule has 0 aromatic heterocycles. The molecule has 0 radical (unpaired) electrons. The maximum Gasteiger partial charge on any atom is 0.181 e. The molecule has 1 atom stereocenters. The lowest BCUT2D eigenvalue weighted by Crippen LogP contribution is -2.30. The van der Waals surface area contributed by atoms with Crippen LogP contribution in [-0.2, 0) is 4.79 Å². The maximum atomic E-state index is 11.6. The largest absolute Gasteiger partial charge is 0.396 e. The van der Waals surface area contributed by atoms with Crippen LogP contribution in [0.5, 0.6) is 0 Å². The molecule has 0 aliphatic carbocycles. The molecule has 5 heteroatoms. The van der Waals surface area contributed by atoms with Crippen molar-refractivity contribution in [2.45, 2.75) is 27.0 Å². The summed E-state index contributed by atoms with van der Waals surface area (Å²) < 4.78 is 0. The van der Waals surface area contributed by atoms with E-state index in [0.717, 1.165) is 0 Å². The van der Waals surface area contributed by atoms with Crippen LogP contribution in [0, 0.1) is 5.92 Å². The summed E-state index contributed by atoms with van der Waals surface area (Å²) in [4.78, 5) is 17.6. The van der Waals surface area contributed by atoms with Crippen molar-refractivity contribution in [2.75, 3.05) is 6.67 Å². The molecule has 1 heterocycles. The Bertz CT molecular complexity index is 448. The summed E-state index contributed by atoms with van der Waals surface area (Å²) in [6.07, 6.45) is 7.92. The van der Waals surface area contributed by atoms with Crippen LogP contribution in [0.4, 0.5) is 0 Å². The van der Waals surface area contributed by atoms with Gasteiger partial charge in [0, 0.05) is 17.8 Å². The van der Waals surface area contributed by atoms with Gasteiger partial charge in [0.25, 0.3) is 0 Å². The molecule has 0 amide bonds. The average Bonchev–Trinajstić information content (AvgIpc) is 2.36. The first-order chi connectivity index (χ1) is 8.91. The standard InChI is InChI=1S/C14H21N3O2/c1-10(2)14(19)12(15)8-11(3)16-9-17-7-5-4-6-13(17)18/h4-8,10,13,18H,9,15H2,1-3H3. The summed E-state index contributed by atoms with van der Waals surface area (Å²) in [6.45, 7) is 5.69. The van der Waals surface area contributed by atoms with Gasteiger partial charge in [0.05, 0.1) is 5.70 Å². The fourth-order valence-corrected chi connectivity index (χ4v) is 1.52. The number of Topliss-reactive ketones (excluding diaryl/α,β-unsaturated/α-hetero) is 1. The molecule has 0 bridgehead atoms. The van der Waals surface area contributed by atoms with E-state index in [1.807, 2.05) is 6.08 Å². The van der Waals surface area contributed by atoms with Crippen LogP contribution in [0.3, 0.4) is 0 Å². The van der Waals surface area contributed by atoms with E-state index in [-0.39, 0.29) is 17.4 Å². The predicted molar refractivity (Wildman–Crippen MR) is 76.2 cm³/mol. The van der Waals surface area contributed by atoms with Crippen molar-refractivity contribution >= 4 is 11.5 Å². The van der Waals surface area contributed by atoms with Gasteiger partial charge in [-0.25, -0.2) is 0 Å². The van der Waals surface area contributed by atoms with Gasteiger partial charge in [0.2, 0.25) is 0 Å². The molecule has 0 spiro atoms. The zero-order chi connectivity index (χ0) is 14.4. The van der Waals surface area contributed by atoms with Gasteiger partial charge in [0.15, 0.2) is 5.78 Å². The lowest BCUT2D eigenvalue weighted by Gasteiger charge is -2.24. The fraction of sp³-hybridized carbons (Fsp3) is 0.429. The maximum absolute atomic E-state index is 11.6. The van der Waals surface area contributed by atoms with Gasteiger partial charge in [-0.3, -0.25) is 9.79 Å². The second kappa shape index (κ2) is 6.89. The number of allylic oxidation sites excluding steroid dienone is 4. The summed E-state index contributed by atoms with van der Waals surface area (Å²) in [5.74, 6) is -0.212. The van der Waals surface area contributed by atoms with Crippen LogP contribution < -0.4 is 5.73 Å². The Morgan fingerprint density at radius 2 is 2.21 bits per heavy atom. The third-order valence-corrected chi connectivity index (χ3v) is 2.67. The van der Waals surface area contributed by atoms with Crippen molar-refractivity contribution in [1.82, 2.24) is 4.90 Å². The molecule has 5 nitrogen and oxygen atoms in total. The first kappa shape index (κ1) is 15.2. The molecule has 104 valence electrons. The molecule has 19 heavy (non-hydrogen) atoms. The minimum atomic E-state index is -0.667. The molecular weight excluding hydrogens is 242 g/mol. The van der Waals surface area contributed by atoms with E-state index in [4.69, 9.17) is 5.73 Å². The lowest BCUT2D eigenvalue weighted by molar-refractivity contribution is -0.118. The normalized spacial score (nSPS) is 20.3. The number of aliphatic hydroxyl groups is 1. The summed E-state index contributed by atoms with van der Waals surface area (Å²) in [6, 6.07) is 0. The number of aliphatic imine (C=N–C) groups is 1. The van der Waals surface area contributed by atoms with Crippen molar-refractivity contribution in [2.24, 2.45) is 16.6 Å². The smallest absolute Gasteiger partial charge is 0.181 e. The van der Waals surface area contributed by atoms with Gasteiger partial charge in [-0.05, 0) is 25.2 Å². The number of aliphatic hydroxyl groups excluding tert-OH is 1. The highest BCUT2D eigenvalue weighted by Gasteiger charge is 2.11. The van der Waals surface area contributed by atoms with Crippen molar-refractivity contribution in [3.63, 3.8) is 0 Å². The molecule has 1 rings (SSSR count). The van der Waals surface area contributed by atoms with Crippen LogP contribution in [0.15, 0.2) is 41.2 Å². The number of hydrogen-bond donors (Lipinski definition) is 2. The van der Waals surface area contributed by atoms with Crippen LogP contribution >= 0.6 is 0 Å². The Labute approximate surface area is 113 Å². The van der Waals surface area contributed by atoms with Gasteiger partial charge >= 0.3 is 0 Å². The summed E-state index contributed by atoms with van der Waals surface area (Å²) >= 11 is 0. The zero-order valence-corrected chi connectivity index (χ0v) is 11.6. The van der Waals surface area contributed by atoms with Crippen LogP contribution in [0.1, 0.15) is 20.8 Å².